The van der Waals surface area contributed by atoms with Crippen molar-refractivity contribution >= 4 is 14.0 Å². The van der Waals surface area contributed by atoms with Gasteiger partial charge in [0, 0.05) is 27.0 Å². The first-order valence-electron chi connectivity index (χ1n) is 12.8. The molecule has 0 aliphatic carbocycles. The molecule has 32 heavy (non-hydrogen) atoms. The van der Waals surface area contributed by atoms with Crippen molar-refractivity contribution in [2.24, 2.45) is 0 Å². The van der Waals surface area contributed by atoms with Crippen LogP contribution in [0.3, 0.4) is 0 Å². The molecule has 3 heteroatoms. The highest BCUT2D eigenvalue weighted by molar-refractivity contribution is 6.77. The number of aryl methyl sites for hydroxylation is 1. The van der Waals surface area contributed by atoms with E-state index in [0.29, 0.717) is 13.0 Å². The highest BCUT2D eigenvalue weighted by Gasteiger charge is 2.22. The van der Waals surface area contributed by atoms with Crippen LogP contribution >= 0.6 is 0 Å². The van der Waals surface area contributed by atoms with Crippen molar-refractivity contribution in [3.05, 3.63) is 71.3 Å². The first-order valence-corrected chi connectivity index (χ1v) is 16.2. The second kappa shape index (κ2) is 14.3. The molecule has 1 unspecified atom stereocenters. The van der Waals surface area contributed by atoms with Crippen LogP contribution in [0.4, 0.5) is 0 Å². The van der Waals surface area contributed by atoms with Crippen LogP contribution < -0.4 is 5.32 Å². The Bertz CT molecular complexity index is 770. The summed E-state index contributed by atoms with van der Waals surface area (Å²) in [5.41, 5.74) is 3.78. The third-order valence-corrected chi connectivity index (χ3v) is 9.98. The van der Waals surface area contributed by atoms with Crippen molar-refractivity contribution in [3.8, 4) is 0 Å². The lowest BCUT2D eigenvalue weighted by Crippen LogP contribution is -2.32. The fraction of sp³-hybridized carbons (Fsp3) is 0.552. The number of unbranched alkanes of at least 4 members (excludes halogenated alkanes) is 6. The fourth-order valence-electron chi connectivity index (χ4n) is 4.35. The van der Waals surface area contributed by atoms with Gasteiger partial charge in [0.25, 0.3) is 0 Å². The molecule has 0 radical (unpaired) electrons. The van der Waals surface area contributed by atoms with Gasteiger partial charge in [-0.25, -0.2) is 0 Å². The minimum absolute atomic E-state index is 0.193. The smallest absolute Gasteiger partial charge is 0.219 e. The third-order valence-electron chi connectivity index (χ3n) is 6.67. The molecule has 2 aromatic rings. The molecule has 0 saturated heterocycles. The normalized spacial score (nSPS) is 12.5. The topological polar surface area (TPSA) is 29.1 Å². The molecule has 0 heterocycles. The number of nitrogens with one attached hydrogen (secondary N) is 1. The Labute approximate surface area is 198 Å². The second-order valence-electron chi connectivity index (χ2n) is 10.2. The van der Waals surface area contributed by atoms with Crippen LogP contribution in [0.15, 0.2) is 54.6 Å². The summed E-state index contributed by atoms with van der Waals surface area (Å²) in [4.78, 5) is 12.7. The summed E-state index contributed by atoms with van der Waals surface area (Å²) in [7, 11) is -1.29. The maximum atomic E-state index is 12.7. The minimum Gasteiger partial charge on any atom is -0.355 e. The molecule has 1 amide bonds. The van der Waals surface area contributed by atoms with Crippen molar-refractivity contribution in [3.63, 3.8) is 0 Å². The Balaban J connectivity index is 1.78. The van der Waals surface area contributed by atoms with E-state index in [9.17, 15) is 4.79 Å². The van der Waals surface area contributed by atoms with E-state index in [1.807, 2.05) is 6.07 Å². The van der Waals surface area contributed by atoms with Gasteiger partial charge in [-0.15, -0.1) is 0 Å². The Kier molecular flexibility index (Phi) is 11.8. The first kappa shape index (κ1) is 26.4. The molecule has 0 aliphatic heterocycles. The zero-order valence-corrected chi connectivity index (χ0v) is 22.0. The summed E-state index contributed by atoms with van der Waals surface area (Å²) in [6, 6.07) is 21.7. The molecule has 0 fully saturated rings. The van der Waals surface area contributed by atoms with Crippen LogP contribution in [0, 0.1) is 6.92 Å². The van der Waals surface area contributed by atoms with Crippen LogP contribution in [-0.4, -0.2) is 20.5 Å². The SMILES string of the molecule is CCCCCCCCC[Si](C)(C)CCC(=O)NCC(c1ccccc1)c1ccc(C)cc1. The molecule has 0 aliphatic rings. The average Bonchev–Trinajstić information content (AvgIpc) is 2.79. The quantitative estimate of drug-likeness (QED) is 0.215. The molecule has 1 atom stereocenters. The number of amides is 1. The van der Waals surface area contributed by atoms with Crippen molar-refractivity contribution in [1.82, 2.24) is 5.32 Å². The highest BCUT2D eigenvalue weighted by atomic mass is 28.3. The van der Waals surface area contributed by atoms with Crippen LogP contribution in [0.5, 0.6) is 0 Å². The van der Waals surface area contributed by atoms with Gasteiger partial charge in [0.2, 0.25) is 5.91 Å². The summed E-state index contributed by atoms with van der Waals surface area (Å²) in [6.45, 7) is 9.95. The predicted molar refractivity (Wildman–Crippen MR) is 142 cm³/mol. The van der Waals surface area contributed by atoms with Gasteiger partial charge in [0.1, 0.15) is 0 Å². The van der Waals surface area contributed by atoms with Crippen LogP contribution in [0.25, 0.3) is 0 Å². The van der Waals surface area contributed by atoms with Gasteiger partial charge < -0.3 is 5.32 Å². The Hall–Kier alpha value is -1.87. The zero-order chi connectivity index (χ0) is 23.2. The second-order valence-corrected chi connectivity index (χ2v) is 15.5. The largest absolute Gasteiger partial charge is 0.355 e. The van der Waals surface area contributed by atoms with Crippen molar-refractivity contribution in [2.45, 2.75) is 96.3 Å². The molecular formula is C29H45NOSi. The number of benzene rings is 2. The van der Waals surface area contributed by atoms with Crippen LogP contribution in [0.2, 0.25) is 25.2 Å². The van der Waals surface area contributed by atoms with Crippen LogP contribution in [-0.2, 0) is 4.79 Å². The molecular weight excluding hydrogens is 406 g/mol. The number of carbonyl (C=O) groups is 1. The zero-order valence-electron chi connectivity index (χ0n) is 21.0. The lowest BCUT2D eigenvalue weighted by Gasteiger charge is -2.23. The fourth-order valence-corrected chi connectivity index (χ4v) is 6.72. The molecule has 2 aromatic carbocycles. The summed E-state index contributed by atoms with van der Waals surface area (Å²) in [6.07, 6.45) is 10.2. The highest BCUT2D eigenvalue weighted by Crippen LogP contribution is 2.25. The van der Waals surface area contributed by atoms with Crippen LogP contribution in [0.1, 0.15) is 80.9 Å². The van der Waals surface area contributed by atoms with E-state index < -0.39 is 8.07 Å². The van der Waals surface area contributed by atoms with Gasteiger partial charge in [-0.05, 0) is 24.1 Å². The van der Waals surface area contributed by atoms with Gasteiger partial charge in [0.15, 0.2) is 0 Å². The van der Waals surface area contributed by atoms with E-state index in [2.05, 4.69) is 80.8 Å². The van der Waals surface area contributed by atoms with Gasteiger partial charge in [0.05, 0.1) is 0 Å². The van der Waals surface area contributed by atoms with E-state index in [-0.39, 0.29) is 11.8 Å². The molecule has 0 saturated carbocycles. The maximum absolute atomic E-state index is 12.7. The van der Waals surface area contributed by atoms with Crippen molar-refractivity contribution < 1.29 is 4.79 Å². The number of carbonyl (C=O) groups excluding carboxylic acids is 1. The van der Waals surface area contributed by atoms with Gasteiger partial charge in [-0.3, -0.25) is 4.79 Å². The van der Waals surface area contributed by atoms with Crippen molar-refractivity contribution in [1.29, 1.82) is 0 Å². The lowest BCUT2D eigenvalue weighted by molar-refractivity contribution is -0.120. The number of hydrogen-bond donors (Lipinski definition) is 1. The first-order chi connectivity index (χ1) is 15.4. The van der Waals surface area contributed by atoms with Gasteiger partial charge in [-0.1, -0.05) is 131 Å². The average molecular weight is 452 g/mol. The van der Waals surface area contributed by atoms with Gasteiger partial charge in [-0.2, -0.15) is 0 Å². The monoisotopic (exact) mass is 451 g/mol. The van der Waals surface area contributed by atoms with E-state index in [4.69, 9.17) is 0 Å². The third kappa shape index (κ3) is 10.2. The Morgan fingerprint density at radius 1 is 0.812 bits per heavy atom. The van der Waals surface area contributed by atoms with E-state index in [1.165, 1.54) is 67.7 Å². The Morgan fingerprint density at radius 2 is 1.41 bits per heavy atom. The van der Waals surface area contributed by atoms with Gasteiger partial charge >= 0.3 is 0 Å². The molecule has 0 aromatic heterocycles. The van der Waals surface area contributed by atoms with E-state index >= 15 is 0 Å². The predicted octanol–water partition coefficient (Wildman–Crippen LogP) is 8.09. The van der Waals surface area contributed by atoms with Crippen molar-refractivity contribution in [2.75, 3.05) is 6.54 Å². The summed E-state index contributed by atoms with van der Waals surface area (Å²) in [5.74, 6) is 0.400. The summed E-state index contributed by atoms with van der Waals surface area (Å²) < 4.78 is 0. The maximum Gasteiger partial charge on any atom is 0.219 e. The van der Waals surface area contributed by atoms with E-state index in [0.717, 1.165) is 6.04 Å². The molecule has 176 valence electrons. The lowest BCUT2D eigenvalue weighted by atomic mass is 9.90. The number of rotatable bonds is 15. The number of hydrogen-bond acceptors (Lipinski definition) is 1. The molecule has 2 rings (SSSR count). The standard InChI is InChI=1S/C29H45NOSi/c1-5-6-7-8-9-10-14-22-32(3,4)23-21-29(31)30-24-28(26-15-12-11-13-16-26)27-19-17-25(2)18-20-27/h11-13,15-20,28H,5-10,14,21-24H2,1-4H3,(H,30,31). The molecule has 2 nitrogen and oxygen atoms in total. The minimum atomic E-state index is -1.29. The van der Waals surface area contributed by atoms with E-state index in [1.54, 1.807) is 0 Å². The molecule has 0 spiro atoms. The summed E-state index contributed by atoms with van der Waals surface area (Å²) >= 11 is 0. The summed E-state index contributed by atoms with van der Waals surface area (Å²) in [5, 5.41) is 3.25. The molecule has 0 bridgehead atoms. The molecule has 1 N–H and O–H groups in total. The Morgan fingerprint density at radius 3 is 2.06 bits per heavy atom.